The Morgan fingerprint density at radius 2 is 2.23 bits per heavy atom. The number of hydrogen-bond donors (Lipinski definition) is 0. The zero-order chi connectivity index (χ0) is 9.42. The second-order valence-corrected chi connectivity index (χ2v) is 3.89. The largest absolute Gasteiger partial charge is 0.298 e. The summed E-state index contributed by atoms with van der Waals surface area (Å²) in [4.78, 5) is 10.6. The molecule has 0 aliphatic rings. The van der Waals surface area contributed by atoms with Crippen molar-refractivity contribution >= 4 is 27.7 Å². The summed E-state index contributed by atoms with van der Waals surface area (Å²) in [5, 5.41) is 0.597. The standard InChI is InChI=1S/C10H7FOS/c1-6-2-3-7(5-12)10-8(6)4-9(11)13-10/h2-5H,1H3. The minimum absolute atomic E-state index is 0.243. The second-order valence-electron chi connectivity index (χ2n) is 2.88. The van der Waals surface area contributed by atoms with E-state index in [1.807, 2.05) is 13.0 Å². The number of aldehydes is 1. The number of aryl methyl sites for hydroxylation is 1. The highest BCUT2D eigenvalue weighted by Crippen LogP contribution is 2.29. The van der Waals surface area contributed by atoms with Gasteiger partial charge in [0.2, 0.25) is 0 Å². The van der Waals surface area contributed by atoms with Crippen molar-refractivity contribution in [2.24, 2.45) is 0 Å². The number of carbonyl (C=O) groups is 1. The molecule has 0 aliphatic heterocycles. The molecule has 1 aromatic carbocycles. The topological polar surface area (TPSA) is 17.1 Å². The molecule has 1 nitrogen and oxygen atoms in total. The maximum atomic E-state index is 12.9. The smallest absolute Gasteiger partial charge is 0.177 e. The number of carbonyl (C=O) groups excluding carboxylic acids is 1. The Morgan fingerprint density at radius 3 is 2.92 bits per heavy atom. The van der Waals surface area contributed by atoms with Crippen molar-refractivity contribution in [3.8, 4) is 0 Å². The summed E-state index contributed by atoms with van der Waals surface area (Å²) in [5.41, 5.74) is 1.57. The molecule has 0 unspecified atom stereocenters. The molecule has 2 rings (SSSR count). The predicted octanol–water partition coefficient (Wildman–Crippen LogP) is 3.16. The van der Waals surface area contributed by atoms with Gasteiger partial charge in [0.1, 0.15) is 0 Å². The summed E-state index contributed by atoms with van der Waals surface area (Å²) in [6.07, 6.45) is 0.762. The summed E-state index contributed by atoms with van der Waals surface area (Å²) in [6, 6.07) is 5.03. The minimum atomic E-state index is -0.243. The van der Waals surface area contributed by atoms with Crippen LogP contribution in [0, 0.1) is 12.1 Å². The Hall–Kier alpha value is -1.22. The fourth-order valence-electron chi connectivity index (χ4n) is 1.34. The molecule has 0 aliphatic carbocycles. The first-order chi connectivity index (χ1) is 6.22. The Balaban J connectivity index is 2.91. The minimum Gasteiger partial charge on any atom is -0.298 e. The van der Waals surface area contributed by atoms with Crippen molar-refractivity contribution in [1.29, 1.82) is 0 Å². The van der Waals surface area contributed by atoms with Crippen molar-refractivity contribution in [2.45, 2.75) is 6.92 Å². The van der Waals surface area contributed by atoms with Crippen LogP contribution >= 0.6 is 11.3 Å². The molecule has 0 N–H and O–H groups in total. The number of benzene rings is 1. The van der Waals surface area contributed by atoms with Crippen molar-refractivity contribution < 1.29 is 9.18 Å². The van der Waals surface area contributed by atoms with E-state index in [1.54, 1.807) is 6.07 Å². The lowest BCUT2D eigenvalue weighted by Gasteiger charge is -1.96. The molecule has 0 amide bonds. The Labute approximate surface area is 78.8 Å². The van der Waals surface area contributed by atoms with Crippen LogP contribution in [0.15, 0.2) is 18.2 Å². The van der Waals surface area contributed by atoms with E-state index in [0.717, 1.165) is 33.3 Å². The van der Waals surface area contributed by atoms with Crippen LogP contribution in [-0.4, -0.2) is 6.29 Å². The van der Waals surface area contributed by atoms with E-state index < -0.39 is 0 Å². The van der Waals surface area contributed by atoms with Crippen LogP contribution in [0.1, 0.15) is 15.9 Å². The maximum absolute atomic E-state index is 12.9. The van der Waals surface area contributed by atoms with E-state index in [9.17, 15) is 9.18 Å². The first kappa shape index (κ1) is 8.38. The van der Waals surface area contributed by atoms with E-state index in [-0.39, 0.29) is 5.13 Å². The number of hydrogen-bond acceptors (Lipinski definition) is 2. The summed E-state index contributed by atoms with van der Waals surface area (Å²) in [5.74, 6) is 0. The predicted molar refractivity (Wildman–Crippen MR) is 51.9 cm³/mol. The molecule has 2 aromatic rings. The first-order valence-electron chi connectivity index (χ1n) is 3.86. The monoisotopic (exact) mass is 194 g/mol. The summed E-state index contributed by atoms with van der Waals surface area (Å²) >= 11 is 1.02. The van der Waals surface area contributed by atoms with Gasteiger partial charge in [-0.25, -0.2) is 0 Å². The molecule has 13 heavy (non-hydrogen) atoms. The quantitative estimate of drug-likeness (QED) is 0.637. The van der Waals surface area contributed by atoms with Crippen molar-refractivity contribution in [3.63, 3.8) is 0 Å². The molecule has 0 radical (unpaired) electrons. The molecule has 3 heteroatoms. The normalized spacial score (nSPS) is 10.6. The summed E-state index contributed by atoms with van der Waals surface area (Å²) in [6.45, 7) is 1.91. The van der Waals surface area contributed by atoms with Crippen LogP contribution in [-0.2, 0) is 0 Å². The number of thiophene rings is 1. The van der Waals surface area contributed by atoms with E-state index in [0.29, 0.717) is 5.56 Å². The SMILES string of the molecule is Cc1ccc(C=O)c2sc(F)cc12. The maximum Gasteiger partial charge on any atom is 0.177 e. The number of rotatable bonds is 1. The van der Waals surface area contributed by atoms with Crippen LogP contribution in [0.25, 0.3) is 10.1 Å². The van der Waals surface area contributed by atoms with Gasteiger partial charge in [0.05, 0.1) is 0 Å². The van der Waals surface area contributed by atoms with E-state index in [1.165, 1.54) is 6.07 Å². The third-order valence-electron chi connectivity index (χ3n) is 2.03. The average molecular weight is 194 g/mol. The van der Waals surface area contributed by atoms with Gasteiger partial charge in [0.25, 0.3) is 0 Å². The van der Waals surface area contributed by atoms with Gasteiger partial charge in [0.15, 0.2) is 11.4 Å². The van der Waals surface area contributed by atoms with E-state index in [2.05, 4.69) is 0 Å². The van der Waals surface area contributed by atoms with Gasteiger partial charge in [0, 0.05) is 10.3 Å². The molecule has 0 saturated carbocycles. The Morgan fingerprint density at radius 1 is 1.46 bits per heavy atom. The highest BCUT2D eigenvalue weighted by molar-refractivity contribution is 7.17. The van der Waals surface area contributed by atoms with Crippen LogP contribution in [0.3, 0.4) is 0 Å². The molecule has 0 atom stereocenters. The Kier molecular flexibility index (Phi) is 1.88. The molecule has 0 saturated heterocycles. The highest BCUT2D eigenvalue weighted by Gasteiger charge is 2.07. The van der Waals surface area contributed by atoms with Gasteiger partial charge in [-0.2, -0.15) is 4.39 Å². The van der Waals surface area contributed by atoms with Crippen molar-refractivity contribution in [1.82, 2.24) is 0 Å². The number of fused-ring (bicyclic) bond motifs is 1. The molecule has 0 fully saturated rings. The van der Waals surface area contributed by atoms with Gasteiger partial charge >= 0.3 is 0 Å². The zero-order valence-electron chi connectivity index (χ0n) is 7.00. The molecule has 66 valence electrons. The summed E-state index contributed by atoms with van der Waals surface area (Å²) < 4.78 is 13.7. The Bertz CT molecular complexity index is 473. The van der Waals surface area contributed by atoms with Gasteiger partial charge in [-0.1, -0.05) is 6.07 Å². The molecule has 1 aromatic heterocycles. The van der Waals surface area contributed by atoms with Crippen LogP contribution in [0.2, 0.25) is 0 Å². The highest BCUT2D eigenvalue weighted by atomic mass is 32.1. The van der Waals surface area contributed by atoms with Crippen LogP contribution in [0.5, 0.6) is 0 Å². The molecule has 0 bridgehead atoms. The molecule has 0 spiro atoms. The van der Waals surface area contributed by atoms with Gasteiger partial charge < -0.3 is 0 Å². The second kappa shape index (κ2) is 2.92. The lowest BCUT2D eigenvalue weighted by atomic mass is 10.1. The van der Waals surface area contributed by atoms with Gasteiger partial charge in [-0.15, -0.1) is 11.3 Å². The van der Waals surface area contributed by atoms with Gasteiger partial charge in [-0.05, 0) is 30.0 Å². The van der Waals surface area contributed by atoms with Crippen LogP contribution < -0.4 is 0 Å². The third-order valence-corrected chi connectivity index (χ3v) is 3.00. The fraction of sp³-hybridized carbons (Fsp3) is 0.100. The number of halogens is 1. The third kappa shape index (κ3) is 1.25. The lowest BCUT2D eigenvalue weighted by molar-refractivity contribution is 0.112. The van der Waals surface area contributed by atoms with Gasteiger partial charge in [-0.3, -0.25) is 4.79 Å². The average Bonchev–Trinajstić information content (AvgIpc) is 2.48. The first-order valence-corrected chi connectivity index (χ1v) is 4.68. The summed E-state index contributed by atoms with van der Waals surface area (Å²) in [7, 11) is 0. The molecular formula is C10H7FOS. The van der Waals surface area contributed by atoms with Crippen molar-refractivity contribution in [3.05, 3.63) is 34.5 Å². The van der Waals surface area contributed by atoms with Crippen LogP contribution in [0.4, 0.5) is 4.39 Å². The van der Waals surface area contributed by atoms with Crippen molar-refractivity contribution in [2.75, 3.05) is 0 Å². The van der Waals surface area contributed by atoms with E-state index in [4.69, 9.17) is 0 Å². The zero-order valence-corrected chi connectivity index (χ0v) is 7.82. The lowest BCUT2D eigenvalue weighted by Crippen LogP contribution is -1.80. The van der Waals surface area contributed by atoms with E-state index >= 15 is 0 Å². The molecule has 1 heterocycles. The molecular weight excluding hydrogens is 187 g/mol. The fourth-order valence-corrected chi connectivity index (χ4v) is 2.28.